The highest BCUT2D eigenvalue weighted by Gasteiger charge is 2.36. The van der Waals surface area contributed by atoms with Crippen LogP contribution in [0.4, 0.5) is 0 Å². The molecule has 0 spiro atoms. The van der Waals surface area contributed by atoms with Crippen LogP contribution in [0, 0.1) is 0 Å². The highest BCUT2D eigenvalue weighted by molar-refractivity contribution is 9.10. The van der Waals surface area contributed by atoms with Gasteiger partial charge in [0, 0.05) is 26.7 Å². The first kappa shape index (κ1) is 28.1. The first-order valence-electron chi connectivity index (χ1n) is 12.8. The van der Waals surface area contributed by atoms with Gasteiger partial charge in [-0.15, -0.1) is 0 Å². The summed E-state index contributed by atoms with van der Waals surface area (Å²) in [5.74, 6) is 1.18. The van der Waals surface area contributed by atoms with Gasteiger partial charge in [0.1, 0.15) is 23.3 Å². The zero-order valence-corrected chi connectivity index (χ0v) is 25.2. The van der Waals surface area contributed by atoms with E-state index in [2.05, 4.69) is 15.9 Å². The number of fused-ring (bicyclic) bond motifs is 1. The zero-order valence-electron chi connectivity index (χ0n) is 22.1. The molecule has 0 amide bonds. The maximum atomic E-state index is 14.0. The second-order valence-electron chi connectivity index (χ2n) is 9.01. The molecule has 5 rings (SSSR count). The van der Waals surface area contributed by atoms with Crippen LogP contribution in [0.15, 0.2) is 84.5 Å². The van der Waals surface area contributed by atoms with E-state index in [-0.39, 0.29) is 12.2 Å². The van der Waals surface area contributed by atoms with Gasteiger partial charge >= 0.3 is 5.97 Å². The zero-order chi connectivity index (χ0) is 28.4. The lowest BCUT2D eigenvalue weighted by Gasteiger charge is -2.27. The molecular formula is C30H26BrClN2O5S. The molecule has 0 fully saturated rings. The fourth-order valence-electron chi connectivity index (χ4n) is 4.69. The predicted octanol–water partition coefficient (Wildman–Crippen LogP) is 6.26. The van der Waals surface area contributed by atoms with Crippen LogP contribution in [0.2, 0.25) is 5.02 Å². The Labute approximate surface area is 248 Å². The summed E-state index contributed by atoms with van der Waals surface area (Å²) < 4.78 is 19.9. The lowest BCUT2D eigenvalue weighted by atomic mass is 9.93. The van der Waals surface area contributed by atoms with Gasteiger partial charge in [0.2, 0.25) is 0 Å². The molecule has 7 nitrogen and oxygen atoms in total. The van der Waals surface area contributed by atoms with Crippen molar-refractivity contribution in [3.05, 3.63) is 106 Å². The van der Waals surface area contributed by atoms with E-state index in [0.29, 0.717) is 54.9 Å². The number of thiazole rings is 1. The molecule has 1 atom stereocenters. The molecule has 206 valence electrons. The molecule has 1 aliphatic rings. The lowest BCUT2D eigenvalue weighted by molar-refractivity contribution is -0.139. The second kappa shape index (κ2) is 12.0. The number of methoxy groups -OCH3 is 1. The number of aromatic nitrogens is 1. The Hall–Kier alpha value is -3.40. The van der Waals surface area contributed by atoms with Crippen LogP contribution in [0.25, 0.3) is 17.4 Å². The Balaban J connectivity index is 1.72. The number of hydrogen-bond acceptors (Lipinski definition) is 7. The number of carbonyl (C=O) groups is 1. The van der Waals surface area contributed by atoms with E-state index in [1.54, 1.807) is 42.9 Å². The third-order valence-corrected chi connectivity index (χ3v) is 8.10. The highest BCUT2D eigenvalue weighted by Crippen LogP contribution is 2.38. The van der Waals surface area contributed by atoms with Crippen LogP contribution in [0.1, 0.15) is 44.1 Å². The van der Waals surface area contributed by atoms with E-state index in [9.17, 15) is 9.59 Å². The quantitative estimate of drug-likeness (QED) is 0.212. The summed E-state index contributed by atoms with van der Waals surface area (Å²) in [5.41, 5.74) is 2.12. The molecular weight excluding hydrogens is 616 g/mol. The standard InChI is InChI=1S/C30H26BrClN2O5S/c1-4-7-22-26(29(36)38-5-2)27(21-15-18(31)10-12-24(21)37-3)34-28(35)25(40-30(34)33-22)16-20-11-13-23(39-20)17-8-6-9-19(32)14-17/h6,8-16,27H,4-5,7H2,1-3H3/b25-16+/t27-/m0/s1. The van der Waals surface area contributed by atoms with Crippen molar-refractivity contribution in [3.8, 4) is 17.1 Å². The van der Waals surface area contributed by atoms with Crippen molar-refractivity contribution < 1.29 is 18.7 Å². The van der Waals surface area contributed by atoms with E-state index in [0.717, 1.165) is 16.5 Å². The monoisotopic (exact) mass is 640 g/mol. The summed E-state index contributed by atoms with van der Waals surface area (Å²) in [6, 6.07) is 15.7. The maximum Gasteiger partial charge on any atom is 0.338 e. The minimum Gasteiger partial charge on any atom is -0.496 e. The summed E-state index contributed by atoms with van der Waals surface area (Å²) in [6.45, 7) is 3.97. The lowest BCUT2D eigenvalue weighted by Crippen LogP contribution is -2.40. The fourth-order valence-corrected chi connectivity index (χ4v) is 6.26. The highest BCUT2D eigenvalue weighted by atomic mass is 79.9. The molecule has 40 heavy (non-hydrogen) atoms. The van der Waals surface area contributed by atoms with E-state index in [1.807, 2.05) is 43.3 Å². The first-order valence-corrected chi connectivity index (χ1v) is 14.7. The molecule has 1 aliphatic heterocycles. The van der Waals surface area contributed by atoms with E-state index < -0.39 is 12.0 Å². The first-order chi connectivity index (χ1) is 19.3. The van der Waals surface area contributed by atoms with Crippen LogP contribution in [-0.2, 0) is 9.53 Å². The van der Waals surface area contributed by atoms with Crippen LogP contribution in [0.5, 0.6) is 5.75 Å². The van der Waals surface area contributed by atoms with Gasteiger partial charge in [-0.25, -0.2) is 9.79 Å². The minimum absolute atomic E-state index is 0.196. The largest absolute Gasteiger partial charge is 0.496 e. The number of carbonyl (C=O) groups excluding carboxylic acids is 1. The van der Waals surface area contributed by atoms with Crippen molar-refractivity contribution in [2.24, 2.45) is 4.99 Å². The number of allylic oxidation sites excluding steroid dienone is 1. The van der Waals surface area contributed by atoms with Crippen molar-refractivity contribution in [2.75, 3.05) is 13.7 Å². The molecule has 0 radical (unpaired) electrons. The summed E-state index contributed by atoms with van der Waals surface area (Å²) in [4.78, 5) is 32.7. The van der Waals surface area contributed by atoms with Crippen LogP contribution < -0.4 is 19.6 Å². The van der Waals surface area contributed by atoms with Crippen molar-refractivity contribution in [1.82, 2.24) is 4.57 Å². The van der Waals surface area contributed by atoms with Gasteiger partial charge in [0.05, 0.1) is 29.5 Å². The SMILES string of the molecule is CCCC1=C(C(=O)OCC)[C@H](c2cc(Br)ccc2OC)n2c(s/c(=C/c3ccc(-c4cccc(Cl)c4)o3)c2=O)=N1. The van der Waals surface area contributed by atoms with Gasteiger partial charge in [0.25, 0.3) is 5.56 Å². The molecule has 0 N–H and O–H groups in total. The fraction of sp³-hybridized carbons (Fsp3) is 0.233. The van der Waals surface area contributed by atoms with Crippen molar-refractivity contribution in [2.45, 2.75) is 32.7 Å². The minimum atomic E-state index is -0.787. The Morgan fingerprint density at radius 3 is 2.75 bits per heavy atom. The van der Waals surface area contributed by atoms with E-state index >= 15 is 0 Å². The predicted molar refractivity (Wildman–Crippen MR) is 159 cm³/mol. The third kappa shape index (κ3) is 5.46. The number of nitrogens with zero attached hydrogens (tertiary/aromatic N) is 2. The van der Waals surface area contributed by atoms with Gasteiger partial charge in [-0.3, -0.25) is 9.36 Å². The molecule has 4 aromatic rings. The molecule has 0 aliphatic carbocycles. The molecule has 0 saturated heterocycles. The second-order valence-corrected chi connectivity index (χ2v) is 11.4. The number of hydrogen-bond donors (Lipinski definition) is 0. The number of esters is 1. The van der Waals surface area contributed by atoms with Crippen LogP contribution >= 0.6 is 38.9 Å². The van der Waals surface area contributed by atoms with E-state index in [1.165, 1.54) is 11.3 Å². The van der Waals surface area contributed by atoms with Gasteiger partial charge in [-0.2, -0.15) is 0 Å². The topological polar surface area (TPSA) is 83.0 Å². The molecule has 10 heteroatoms. The third-order valence-electron chi connectivity index (χ3n) is 6.39. The van der Waals surface area contributed by atoms with Crippen LogP contribution in [-0.4, -0.2) is 24.3 Å². The van der Waals surface area contributed by atoms with Crippen molar-refractivity contribution >= 4 is 50.9 Å². The Kier molecular flexibility index (Phi) is 8.44. The number of halogens is 2. The van der Waals surface area contributed by atoms with E-state index in [4.69, 9.17) is 30.5 Å². The molecule has 0 unspecified atom stereocenters. The van der Waals surface area contributed by atoms with Gasteiger partial charge in [-0.1, -0.05) is 64.3 Å². The molecule has 0 bridgehead atoms. The average Bonchev–Trinajstić information content (AvgIpc) is 3.52. The smallest absolute Gasteiger partial charge is 0.338 e. The molecule has 2 aromatic carbocycles. The normalized spacial score (nSPS) is 15.1. The summed E-state index contributed by atoms with van der Waals surface area (Å²) in [6.07, 6.45) is 3.01. The summed E-state index contributed by atoms with van der Waals surface area (Å²) in [7, 11) is 1.56. The van der Waals surface area contributed by atoms with Crippen LogP contribution in [0.3, 0.4) is 0 Å². The molecule has 3 heterocycles. The number of furan rings is 1. The number of rotatable bonds is 8. The van der Waals surface area contributed by atoms with Gasteiger partial charge in [0.15, 0.2) is 4.80 Å². The maximum absolute atomic E-state index is 14.0. The Morgan fingerprint density at radius 1 is 1.20 bits per heavy atom. The number of benzene rings is 2. The summed E-state index contributed by atoms with van der Waals surface area (Å²) >= 11 is 10.9. The molecule has 2 aromatic heterocycles. The number of ether oxygens (including phenoxy) is 2. The van der Waals surface area contributed by atoms with Crippen molar-refractivity contribution in [3.63, 3.8) is 0 Å². The Bertz CT molecular complexity index is 1800. The Morgan fingerprint density at radius 2 is 2.02 bits per heavy atom. The van der Waals surface area contributed by atoms with Crippen molar-refractivity contribution in [1.29, 1.82) is 0 Å². The average molecular weight is 642 g/mol. The molecule has 0 saturated carbocycles. The van der Waals surface area contributed by atoms with Gasteiger partial charge in [-0.05, 0) is 55.8 Å². The van der Waals surface area contributed by atoms with Gasteiger partial charge < -0.3 is 13.9 Å². The summed E-state index contributed by atoms with van der Waals surface area (Å²) in [5, 5.41) is 0.604.